The summed E-state index contributed by atoms with van der Waals surface area (Å²) in [6, 6.07) is 16.7. The van der Waals surface area contributed by atoms with Crippen LogP contribution in [-0.2, 0) is 13.0 Å². The molecule has 7 nitrogen and oxygen atoms in total. The Labute approximate surface area is 192 Å². The van der Waals surface area contributed by atoms with Crippen molar-refractivity contribution >= 4 is 16.9 Å². The molecule has 0 bridgehead atoms. The van der Waals surface area contributed by atoms with Gasteiger partial charge in [-0.15, -0.1) is 6.58 Å². The van der Waals surface area contributed by atoms with Gasteiger partial charge in [-0.1, -0.05) is 24.3 Å². The summed E-state index contributed by atoms with van der Waals surface area (Å²) in [4.78, 5) is 17.2. The minimum atomic E-state index is -0.331. The molecule has 7 heteroatoms. The van der Waals surface area contributed by atoms with Gasteiger partial charge in [0.05, 0.1) is 37.0 Å². The van der Waals surface area contributed by atoms with Gasteiger partial charge < -0.3 is 23.8 Å². The van der Waals surface area contributed by atoms with Crippen molar-refractivity contribution in [3.05, 3.63) is 90.7 Å². The number of furan rings is 1. The van der Waals surface area contributed by atoms with E-state index in [-0.39, 0.29) is 17.7 Å². The van der Waals surface area contributed by atoms with Gasteiger partial charge in [0.15, 0.2) is 17.3 Å². The number of allylic oxidation sites excluding steroid dienone is 1. The van der Waals surface area contributed by atoms with E-state index in [4.69, 9.17) is 18.9 Å². The number of amides is 1. The van der Waals surface area contributed by atoms with Crippen molar-refractivity contribution in [2.24, 2.45) is 0 Å². The number of nitrogens with zero attached hydrogens (tertiary/aromatic N) is 2. The first-order valence-corrected chi connectivity index (χ1v) is 10.8. The van der Waals surface area contributed by atoms with Crippen LogP contribution in [0.5, 0.6) is 11.5 Å². The molecular formula is C26H27N3O4. The highest BCUT2D eigenvalue weighted by Gasteiger charge is 2.20. The van der Waals surface area contributed by atoms with Crippen molar-refractivity contribution in [1.29, 1.82) is 0 Å². The van der Waals surface area contributed by atoms with Gasteiger partial charge >= 0.3 is 0 Å². The summed E-state index contributed by atoms with van der Waals surface area (Å²) in [5.41, 5.74) is 2.94. The molecule has 0 fully saturated rings. The first-order valence-electron chi connectivity index (χ1n) is 10.8. The molecule has 2 aromatic carbocycles. The smallest absolute Gasteiger partial charge is 0.287 e. The lowest BCUT2D eigenvalue weighted by atomic mass is 10.1. The van der Waals surface area contributed by atoms with Gasteiger partial charge in [-0.2, -0.15) is 0 Å². The van der Waals surface area contributed by atoms with E-state index >= 15 is 0 Å². The summed E-state index contributed by atoms with van der Waals surface area (Å²) in [6.07, 6.45) is 4.10. The van der Waals surface area contributed by atoms with E-state index in [0.717, 1.165) is 28.8 Å². The molecule has 1 amide bonds. The molecule has 4 aromatic rings. The van der Waals surface area contributed by atoms with Crippen molar-refractivity contribution < 1.29 is 18.7 Å². The van der Waals surface area contributed by atoms with Crippen LogP contribution in [0, 0.1) is 0 Å². The number of imidazole rings is 1. The minimum Gasteiger partial charge on any atom is -0.493 e. The standard InChI is InChI=1S/C26H27N3O4/c1-4-8-19-12-13-22(24(17-19)31-3)33-16-14-29-21-10-6-5-9-20(21)28-25(29)18(2)27-26(30)23-11-7-15-32-23/h4-7,9-13,15,17-18H,1,8,14,16H2,2-3H3,(H,27,30). The fourth-order valence-electron chi connectivity index (χ4n) is 3.77. The van der Waals surface area contributed by atoms with E-state index in [1.165, 1.54) is 6.26 Å². The maximum absolute atomic E-state index is 12.5. The molecule has 0 aliphatic carbocycles. The van der Waals surface area contributed by atoms with Gasteiger partial charge in [0, 0.05) is 0 Å². The third-order valence-electron chi connectivity index (χ3n) is 5.34. The summed E-state index contributed by atoms with van der Waals surface area (Å²) >= 11 is 0. The van der Waals surface area contributed by atoms with E-state index in [0.29, 0.717) is 24.7 Å². The normalized spacial score (nSPS) is 11.8. The maximum atomic E-state index is 12.5. The summed E-state index contributed by atoms with van der Waals surface area (Å²) in [7, 11) is 1.63. The quantitative estimate of drug-likeness (QED) is 0.350. The first kappa shape index (κ1) is 22.2. The molecule has 2 heterocycles. The number of carbonyl (C=O) groups excluding carboxylic acids is 1. The van der Waals surface area contributed by atoms with Gasteiger partial charge in [-0.05, 0) is 55.3 Å². The zero-order valence-corrected chi connectivity index (χ0v) is 18.8. The lowest BCUT2D eigenvalue weighted by Gasteiger charge is -2.17. The number of methoxy groups -OCH3 is 1. The fraction of sp³-hybridized carbons (Fsp3) is 0.231. The number of benzene rings is 2. The second-order valence-corrected chi connectivity index (χ2v) is 7.61. The van der Waals surface area contributed by atoms with Crippen LogP contribution in [0.15, 0.2) is 77.9 Å². The molecule has 0 aliphatic heterocycles. The Bertz CT molecular complexity index is 1240. The van der Waals surface area contributed by atoms with E-state index < -0.39 is 0 Å². The Kier molecular flexibility index (Phi) is 6.78. The second-order valence-electron chi connectivity index (χ2n) is 7.61. The lowest BCUT2D eigenvalue weighted by molar-refractivity contribution is 0.0909. The second kappa shape index (κ2) is 10.1. The van der Waals surface area contributed by atoms with Crippen LogP contribution in [-0.4, -0.2) is 29.2 Å². The highest BCUT2D eigenvalue weighted by atomic mass is 16.5. The third kappa shape index (κ3) is 4.92. The summed E-state index contributed by atoms with van der Waals surface area (Å²) in [5, 5.41) is 2.96. The van der Waals surface area contributed by atoms with Crippen LogP contribution in [0.25, 0.3) is 11.0 Å². The molecule has 1 unspecified atom stereocenters. The Morgan fingerprint density at radius 3 is 2.82 bits per heavy atom. The van der Waals surface area contributed by atoms with Gasteiger partial charge in [-0.3, -0.25) is 4.79 Å². The Hall–Kier alpha value is -4.00. The molecular weight excluding hydrogens is 418 g/mol. The predicted octanol–water partition coefficient (Wildman–Crippen LogP) is 4.94. The molecule has 0 saturated heterocycles. The number of para-hydroxylation sites is 2. The van der Waals surface area contributed by atoms with Gasteiger partial charge in [0.25, 0.3) is 5.91 Å². The van der Waals surface area contributed by atoms with Crippen molar-refractivity contribution in [1.82, 2.24) is 14.9 Å². The topological polar surface area (TPSA) is 78.5 Å². The van der Waals surface area contributed by atoms with Gasteiger partial charge in [0.1, 0.15) is 12.4 Å². The molecule has 0 saturated carbocycles. The number of fused-ring (bicyclic) bond motifs is 1. The van der Waals surface area contributed by atoms with Crippen LogP contribution in [0.3, 0.4) is 0 Å². The number of carbonyl (C=O) groups is 1. The van der Waals surface area contributed by atoms with E-state index in [9.17, 15) is 4.79 Å². The molecule has 0 spiro atoms. The summed E-state index contributed by atoms with van der Waals surface area (Å²) in [5.74, 6) is 2.08. The molecule has 1 N–H and O–H groups in total. The van der Waals surface area contributed by atoms with Crippen molar-refractivity contribution in [3.8, 4) is 11.5 Å². The van der Waals surface area contributed by atoms with E-state index in [1.54, 1.807) is 19.2 Å². The zero-order valence-electron chi connectivity index (χ0n) is 18.8. The van der Waals surface area contributed by atoms with Crippen LogP contribution >= 0.6 is 0 Å². The number of aromatic nitrogens is 2. The average Bonchev–Trinajstić information content (AvgIpc) is 3.49. The first-order chi connectivity index (χ1) is 16.1. The SMILES string of the molecule is C=CCc1ccc(OCCn2c(C(C)NC(=O)c3ccco3)nc3ccccc32)c(OC)c1. The van der Waals surface area contributed by atoms with E-state index in [2.05, 4.69) is 16.5 Å². The van der Waals surface area contributed by atoms with Crippen molar-refractivity contribution in [3.63, 3.8) is 0 Å². The fourth-order valence-corrected chi connectivity index (χ4v) is 3.77. The summed E-state index contributed by atoms with van der Waals surface area (Å²) < 4.78 is 18.8. The molecule has 1 atom stereocenters. The third-order valence-corrected chi connectivity index (χ3v) is 5.34. The summed E-state index contributed by atoms with van der Waals surface area (Å²) in [6.45, 7) is 6.64. The van der Waals surface area contributed by atoms with E-state index in [1.807, 2.05) is 55.5 Å². The largest absolute Gasteiger partial charge is 0.493 e. The Balaban J connectivity index is 1.52. The van der Waals surface area contributed by atoms with Crippen LogP contribution in [0.2, 0.25) is 0 Å². The highest BCUT2D eigenvalue weighted by molar-refractivity contribution is 5.91. The van der Waals surface area contributed by atoms with Gasteiger partial charge in [0.2, 0.25) is 0 Å². The number of ether oxygens (including phenoxy) is 2. The van der Waals surface area contributed by atoms with Crippen molar-refractivity contribution in [2.75, 3.05) is 13.7 Å². The molecule has 33 heavy (non-hydrogen) atoms. The van der Waals surface area contributed by atoms with Crippen LogP contribution < -0.4 is 14.8 Å². The van der Waals surface area contributed by atoms with Gasteiger partial charge in [-0.25, -0.2) is 4.98 Å². The number of rotatable bonds is 10. The molecule has 0 aliphatic rings. The minimum absolute atomic E-state index is 0.264. The van der Waals surface area contributed by atoms with Crippen LogP contribution in [0.1, 0.15) is 34.9 Å². The van der Waals surface area contributed by atoms with Crippen molar-refractivity contribution in [2.45, 2.75) is 25.9 Å². The Morgan fingerprint density at radius 2 is 2.06 bits per heavy atom. The number of hydrogen-bond acceptors (Lipinski definition) is 5. The molecule has 0 radical (unpaired) electrons. The van der Waals surface area contributed by atoms with Crippen LogP contribution in [0.4, 0.5) is 0 Å². The lowest BCUT2D eigenvalue weighted by Crippen LogP contribution is -2.28. The number of hydrogen-bond donors (Lipinski definition) is 1. The predicted molar refractivity (Wildman–Crippen MR) is 127 cm³/mol. The molecule has 170 valence electrons. The Morgan fingerprint density at radius 1 is 1.21 bits per heavy atom. The maximum Gasteiger partial charge on any atom is 0.287 e. The average molecular weight is 446 g/mol. The highest BCUT2D eigenvalue weighted by Crippen LogP contribution is 2.29. The number of nitrogens with one attached hydrogen (secondary N) is 1. The molecule has 4 rings (SSSR count). The molecule has 2 aromatic heterocycles. The monoisotopic (exact) mass is 445 g/mol. The zero-order chi connectivity index (χ0) is 23.2.